The van der Waals surface area contributed by atoms with Gasteiger partial charge in [0, 0.05) is 41.1 Å². The van der Waals surface area contributed by atoms with Crippen LogP contribution in [0.4, 0.5) is 5.69 Å². The van der Waals surface area contributed by atoms with Crippen molar-refractivity contribution in [1.29, 1.82) is 0 Å². The number of aromatic nitrogens is 2. The monoisotopic (exact) mass is 358 g/mol. The number of anilines is 1. The van der Waals surface area contributed by atoms with E-state index in [9.17, 15) is 4.79 Å². The predicted molar refractivity (Wildman–Crippen MR) is 104 cm³/mol. The van der Waals surface area contributed by atoms with Gasteiger partial charge < -0.3 is 10.3 Å². The number of nitrogens with zero attached hydrogens (tertiary/aromatic N) is 2. The summed E-state index contributed by atoms with van der Waals surface area (Å²) in [4.78, 5) is 16.0. The van der Waals surface area contributed by atoms with Crippen LogP contribution in [0.15, 0.2) is 73.1 Å². The first-order valence-corrected chi connectivity index (χ1v) is 8.48. The normalized spacial score (nSPS) is 10.9. The van der Waals surface area contributed by atoms with Crippen molar-refractivity contribution in [1.82, 2.24) is 15.0 Å². The van der Waals surface area contributed by atoms with E-state index in [4.69, 9.17) is 10.9 Å². The molecule has 4 rings (SSSR count). The van der Waals surface area contributed by atoms with Gasteiger partial charge in [0.25, 0.3) is 5.91 Å². The van der Waals surface area contributed by atoms with Gasteiger partial charge in [0.2, 0.25) is 0 Å². The van der Waals surface area contributed by atoms with Crippen LogP contribution < -0.4 is 11.2 Å². The molecule has 1 amide bonds. The van der Waals surface area contributed by atoms with Crippen LogP contribution in [0.2, 0.25) is 0 Å². The average molecular weight is 358 g/mol. The van der Waals surface area contributed by atoms with Gasteiger partial charge in [0.15, 0.2) is 0 Å². The first-order valence-electron chi connectivity index (χ1n) is 8.48. The number of pyridine rings is 1. The smallest absolute Gasteiger partial charge is 0.274 e. The maximum absolute atomic E-state index is 11.4. The summed E-state index contributed by atoms with van der Waals surface area (Å²) in [7, 11) is 0. The molecule has 0 saturated carbocycles. The van der Waals surface area contributed by atoms with E-state index >= 15 is 0 Å². The summed E-state index contributed by atoms with van der Waals surface area (Å²) in [6, 6.07) is 18.9. The Balaban J connectivity index is 1.61. The molecule has 0 fully saturated rings. The van der Waals surface area contributed by atoms with Crippen molar-refractivity contribution < 1.29 is 10.0 Å². The molecule has 0 bridgehead atoms. The highest BCUT2D eigenvalue weighted by Gasteiger charge is 2.08. The maximum Gasteiger partial charge on any atom is 0.274 e. The number of nitrogens with two attached hydrogens (primary N) is 1. The molecule has 0 saturated heterocycles. The molecule has 2 heterocycles. The lowest BCUT2D eigenvalue weighted by Crippen LogP contribution is -2.18. The van der Waals surface area contributed by atoms with Gasteiger partial charge in [-0.3, -0.25) is 10.0 Å². The van der Waals surface area contributed by atoms with E-state index in [1.54, 1.807) is 17.6 Å². The van der Waals surface area contributed by atoms with Crippen LogP contribution in [0, 0.1) is 0 Å². The van der Waals surface area contributed by atoms with E-state index in [0.29, 0.717) is 12.1 Å². The number of amides is 1. The first kappa shape index (κ1) is 16.8. The summed E-state index contributed by atoms with van der Waals surface area (Å²) < 4.78 is 2.06. The van der Waals surface area contributed by atoms with Gasteiger partial charge in [-0.05, 0) is 47.5 Å². The fourth-order valence-electron chi connectivity index (χ4n) is 3.10. The fraction of sp³-hybridized carbons (Fsp3) is 0.0476. The molecule has 4 aromatic rings. The molecule has 0 radical (unpaired) electrons. The second-order valence-electron chi connectivity index (χ2n) is 6.34. The van der Waals surface area contributed by atoms with Gasteiger partial charge in [-0.15, -0.1) is 0 Å². The Bertz CT molecular complexity index is 1120. The van der Waals surface area contributed by atoms with Crippen LogP contribution in [0.25, 0.3) is 22.2 Å². The second kappa shape index (κ2) is 6.93. The molecule has 4 N–H and O–H groups in total. The van der Waals surface area contributed by atoms with Crippen molar-refractivity contribution in [3.8, 4) is 11.1 Å². The Morgan fingerprint density at radius 1 is 1.07 bits per heavy atom. The number of carbonyl (C=O) groups excluding carboxylic acids is 1. The van der Waals surface area contributed by atoms with Gasteiger partial charge >= 0.3 is 0 Å². The number of hydroxylamine groups is 1. The van der Waals surface area contributed by atoms with Crippen molar-refractivity contribution >= 4 is 22.6 Å². The van der Waals surface area contributed by atoms with Crippen molar-refractivity contribution in [2.75, 3.05) is 5.73 Å². The summed E-state index contributed by atoms with van der Waals surface area (Å²) in [6.07, 6.45) is 3.84. The summed E-state index contributed by atoms with van der Waals surface area (Å²) in [6.45, 7) is 0.634. The van der Waals surface area contributed by atoms with Gasteiger partial charge in [0.05, 0.1) is 0 Å². The van der Waals surface area contributed by atoms with E-state index in [1.165, 1.54) is 0 Å². The summed E-state index contributed by atoms with van der Waals surface area (Å²) >= 11 is 0. The van der Waals surface area contributed by atoms with Crippen LogP contribution in [0.3, 0.4) is 0 Å². The molecule has 134 valence electrons. The summed E-state index contributed by atoms with van der Waals surface area (Å²) in [5.74, 6) is -0.524. The van der Waals surface area contributed by atoms with Gasteiger partial charge in [0.1, 0.15) is 5.65 Å². The highest BCUT2D eigenvalue weighted by atomic mass is 16.5. The number of benzene rings is 2. The van der Waals surface area contributed by atoms with E-state index < -0.39 is 5.91 Å². The van der Waals surface area contributed by atoms with Crippen LogP contribution in [-0.2, 0) is 6.54 Å². The van der Waals surface area contributed by atoms with Crippen LogP contribution in [0.5, 0.6) is 0 Å². The lowest BCUT2D eigenvalue weighted by molar-refractivity contribution is 0.0706. The molecular weight excluding hydrogens is 340 g/mol. The third-order valence-corrected chi connectivity index (χ3v) is 4.49. The van der Waals surface area contributed by atoms with E-state index in [0.717, 1.165) is 33.4 Å². The zero-order valence-electron chi connectivity index (χ0n) is 14.5. The van der Waals surface area contributed by atoms with Crippen molar-refractivity contribution in [2.45, 2.75) is 6.54 Å². The predicted octanol–water partition coefficient (Wildman–Crippen LogP) is 3.45. The number of rotatable bonds is 4. The molecular formula is C21H18N4O2. The number of hydrogen-bond acceptors (Lipinski definition) is 4. The van der Waals surface area contributed by atoms with Gasteiger partial charge in [-0.1, -0.05) is 24.3 Å². The van der Waals surface area contributed by atoms with Crippen LogP contribution >= 0.6 is 0 Å². The number of fused-ring (bicyclic) bond motifs is 1. The highest BCUT2D eigenvalue weighted by Crippen LogP contribution is 2.25. The zero-order valence-corrected chi connectivity index (χ0v) is 14.5. The molecule has 6 heteroatoms. The average Bonchev–Trinajstić information content (AvgIpc) is 3.10. The fourth-order valence-corrected chi connectivity index (χ4v) is 3.10. The van der Waals surface area contributed by atoms with Gasteiger partial charge in [-0.2, -0.15) is 0 Å². The Labute approximate surface area is 155 Å². The number of hydrogen-bond donors (Lipinski definition) is 3. The van der Waals surface area contributed by atoms with Crippen molar-refractivity contribution in [2.24, 2.45) is 0 Å². The van der Waals surface area contributed by atoms with Crippen LogP contribution in [-0.4, -0.2) is 20.7 Å². The Hall–Kier alpha value is -3.64. The van der Waals surface area contributed by atoms with E-state index in [-0.39, 0.29) is 0 Å². The molecule has 0 aliphatic carbocycles. The molecule has 0 spiro atoms. The first-order chi connectivity index (χ1) is 13.1. The third kappa shape index (κ3) is 3.38. The minimum Gasteiger partial charge on any atom is -0.399 e. The molecule has 0 atom stereocenters. The van der Waals surface area contributed by atoms with Crippen molar-refractivity contribution in [3.05, 3.63) is 84.2 Å². The Morgan fingerprint density at radius 2 is 1.89 bits per heavy atom. The number of carbonyl (C=O) groups is 1. The summed E-state index contributed by atoms with van der Waals surface area (Å²) in [5, 5.41) is 9.73. The number of nitrogen functional groups attached to an aromatic ring is 1. The highest BCUT2D eigenvalue weighted by molar-refractivity contribution is 5.93. The number of nitrogens with one attached hydrogen (secondary N) is 1. The third-order valence-electron chi connectivity index (χ3n) is 4.49. The Morgan fingerprint density at radius 3 is 2.63 bits per heavy atom. The van der Waals surface area contributed by atoms with Crippen LogP contribution in [0.1, 0.15) is 15.9 Å². The molecule has 0 aliphatic heterocycles. The van der Waals surface area contributed by atoms with Crippen molar-refractivity contribution in [3.63, 3.8) is 0 Å². The molecule has 2 aromatic heterocycles. The standard InChI is InChI=1S/C21H18N4O2/c22-19-3-1-2-16(11-19)18-10-17-8-9-25(20(17)23-12-18)13-14-4-6-15(7-5-14)21(26)24-27/h1-12,27H,13,22H2,(H,24,26). The molecule has 0 aliphatic rings. The topological polar surface area (TPSA) is 93.2 Å². The largest absolute Gasteiger partial charge is 0.399 e. The maximum atomic E-state index is 11.4. The molecule has 27 heavy (non-hydrogen) atoms. The zero-order chi connectivity index (χ0) is 18.8. The second-order valence-corrected chi connectivity index (χ2v) is 6.34. The quantitative estimate of drug-likeness (QED) is 0.296. The lowest BCUT2D eigenvalue weighted by atomic mass is 10.1. The van der Waals surface area contributed by atoms with E-state index in [1.807, 2.05) is 54.9 Å². The minimum absolute atomic E-state index is 0.406. The summed E-state index contributed by atoms with van der Waals surface area (Å²) in [5.41, 5.74) is 12.6. The molecule has 0 unspecified atom stereocenters. The molecule has 2 aromatic carbocycles. The van der Waals surface area contributed by atoms with Gasteiger partial charge in [-0.25, -0.2) is 10.5 Å². The Kier molecular flexibility index (Phi) is 4.32. The SMILES string of the molecule is Nc1cccc(-c2cnc3c(ccn3Cc3ccc(C(=O)NO)cc3)c2)c1. The lowest BCUT2D eigenvalue weighted by Gasteiger charge is -2.07. The van der Waals surface area contributed by atoms with E-state index in [2.05, 4.69) is 15.6 Å². The minimum atomic E-state index is -0.524. The molecule has 6 nitrogen and oxygen atoms in total.